The Kier molecular flexibility index (Phi) is 5.22. The number of hydrogen-bond donors (Lipinski definition) is 1. The van der Waals surface area contributed by atoms with Gasteiger partial charge in [-0.25, -0.2) is 0 Å². The topological polar surface area (TPSA) is 61.6 Å². The molecule has 23 heavy (non-hydrogen) atoms. The predicted molar refractivity (Wildman–Crippen MR) is 93.0 cm³/mol. The zero-order valence-corrected chi connectivity index (χ0v) is 14.8. The molecule has 0 aromatic heterocycles. The molecule has 5 heteroatoms. The van der Waals surface area contributed by atoms with E-state index in [-0.39, 0.29) is 17.6 Å². The summed E-state index contributed by atoms with van der Waals surface area (Å²) in [7, 11) is -0.411. The second kappa shape index (κ2) is 6.66. The molecule has 0 saturated carbocycles. The van der Waals surface area contributed by atoms with Crippen LogP contribution in [0.5, 0.6) is 0 Å². The van der Waals surface area contributed by atoms with Crippen LogP contribution < -0.4 is 5.73 Å². The Morgan fingerprint density at radius 2 is 1.65 bits per heavy atom. The van der Waals surface area contributed by atoms with Crippen molar-refractivity contribution >= 4 is 13.0 Å². The first-order chi connectivity index (χ1) is 10.6. The van der Waals surface area contributed by atoms with Crippen molar-refractivity contribution in [1.82, 2.24) is 0 Å². The first-order valence-corrected chi connectivity index (χ1v) is 8.33. The molecule has 1 aromatic carbocycles. The van der Waals surface area contributed by atoms with Crippen molar-refractivity contribution in [2.24, 2.45) is 11.7 Å². The summed E-state index contributed by atoms with van der Waals surface area (Å²) in [5.41, 5.74) is 5.99. The molecule has 1 aliphatic rings. The second-order valence-corrected chi connectivity index (χ2v) is 7.50. The molecule has 1 saturated heterocycles. The minimum absolute atomic E-state index is 0.0613. The molecule has 2 rings (SSSR count). The van der Waals surface area contributed by atoms with E-state index in [4.69, 9.17) is 15.0 Å². The number of aryl methyl sites for hydroxylation is 1. The molecule has 4 nitrogen and oxygen atoms in total. The standard InChI is InChI=1S/C18H28BNO3/c1-13(16(20)21)15(12-11-14-9-7-6-8-10-14)19-22-17(2,3)18(4,5)23-19/h6-10,13,15H,11-12H2,1-5H3,(H2,20,21)/t13?,15-/m1/s1. The number of benzene rings is 1. The summed E-state index contributed by atoms with van der Waals surface area (Å²) in [6.07, 6.45) is 1.66. The number of nitrogens with two attached hydrogens (primary N) is 1. The summed E-state index contributed by atoms with van der Waals surface area (Å²) in [5.74, 6) is -0.667. The van der Waals surface area contributed by atoms with Crippen LogP contribution in [0.15, 0.2) is 30.3 Å². The van der Waals surface area contributed by atoms with E-state index >= 15 is 0 Å². The highest BCUT2D eigenvalue weighted by Gasteiger charge is 2.54. The van der Waals surface area contributed by atoms with Gasteiger partial charge >= 0.3 is 7.12 Å². The predicted octanol–water partition coefficient (Wildman–Crippen LogP) is 3.20. The Balaban J connectivity index is 2.14. The molecule has 1 aromatic rings. The van der Waals surface area contributed by atoms with Crippen molar-refractivity contribution < 1.29 is 14.1 Å². The molecule has 1 unspecified atom stereocenters. The molecule has 1 heterocycles. The van der Waals surface area contributed by atoms with Crippen molar-refractivity contribution in [3.8, 4) is 0 Å². The van der Waals surface area contributed by atoms with Gasteiger partial charge in [-0.2, -0.15) is 0 Å². The molecular formula is C18H28BNO3. The minimum Gasteiger partial charge on any atom is -0.403 e. The lowest BCUT2D eigenvalue weighted by atomic mass is 9.62. The molecule has 0 aliphatic carbocycles. The zero-order chi connectivity index (χ0) is 17.3. The number of amides is 1. The average Bonchev–Trinajstić information content (AvgIpc) is 2.68. The van der Waals surface area contributed by atoms with Crippen molar-refractivity contribution in [2.75, 3.05) is 0 Å². The summed E-state index contributed by atoms with van der Waals surface area (Å²) in [6.45, 7) is 9.96. The fourth-order valence-electron chi connectivity index (χ4n) is 2.87. The summed E-state index contributed by atoms with van der Waals surface area (Å²) in [5, 5.41) is 0. The SMILES string of the molecule is CC(C(N)=O)[C@@H](CCc1ccccc1)B1OC(C)(C)C(C)(C)O1. The van der Waals surface area contributed by atoms with E-state index in [9.17, 15) is 4.79 Å². The molecule has 0 bridgehead atoms. The maximum Gasteiger partial charge on any atom is 0.461 e. The van der Waals surface area contributed by atoms with Crippen LogP contribution in [0.2, 0.25) is 5.82 Å². The molecule has 0 spiro atoms. The Labute approximate surface area is 139 Å². The number of hydrogen-bond acceptors (Lipinski definition) is 3. The Bertz CT molecular complexity index is 528. The molecule has 126 valence electrons. The highest BCUT2D eigenvalue weighted by molar-refractivity contribution is 6.48. The molecule has 1 aliphatic heterocycles. The fourth-order valence-corrected chi connectivity index (χ4v) is 2.87. The summed E-state index contributed by atoms with van der Waals surface area (Å²) >= 11 is 0. The molecule has 2 atom stereocenters. The number of carbonyl (C=O) groups excluding carboxylic acids is 1. The molecule has 2 N–H and O–H groups in total. The van der Waals surface area contributed by atoms with E-state index < -0.39 is 18.3 Å². The van der Waals surface area contributed by atoms with Crippen molar-refractivity contribution in [1.29, 1.82) is 0 Å². The normalized spacial score (nSPS) is 21.9. The van der Waals surface area contributed by atoms with E-state index in [1.54, 1.807) is 0 Å². The summed E-state index contributed by atoms with van der Waals surface area (Å²) in [4.78, 5) is 11.7. The van der Waals surface area contributed by atoms with Gasteiger partial charge in [0.1, 0.15) is 0 Å². The minimum atomic E-state index is -0.411. The van der Waals surface area contributed by atoms with Crippen molar-refractivity contribution in [2.45, 2.75) is 64.5 Å². The van der Waals surface area contributed by atoms with E-state index in [2.05, 4.69) is 12.1 Å². The van der Waals surface area contributed by atoms with Gasteiger partial charge in [0.15, 0.2) is 0 Å². The van der Waals surface area contributed by atoms with E-state index in [1.807, 2.05) is 52.8 Å². The zero-order valence-electron chi connectivity index (χ0n) is 14.8. The summed E-state index contributed by atoms with van der Waals surface area (Å²) < 4.78 is 12.3. The van der Waals surface area contributed by atoms with Gasteiger partial charge in [0.2, 0.25) is 5.91 Å². The van der Waals surface area contributed by atoms with Crippen LogP contribution in [-0.4, -0.2) is 24.2 Å². The van der Waals surface area contributed by atoms with Crippen LogP contribution >= 0.6 is 0 Å². The van der Waals surface area contributed by atoms with Gasteiger partial charge in [0.25, 0.3) is 0 Å². The highest BCUT2D eigenvalue weighted by Crippen LogP contribution is 2.43. The third-order valence-corrected chi connectivity index (χ3v) is 5.32. The average molecular weight is 317 g/mol. The maximum atomic E-state index is 11.7. The van der Waals surface area contributed by atoms with Crippen LogP contribution in [0.4, 0.5) is 0 Å². The van der Waals surface area contributed by atoms with Gasteiger partial charge < -0.3 is 15.0 Å². The van der Waals surface area contributed by atoms with Gasteiger partial charge in [-0.05, 0) is 46.1 Å². The van der Waals surface area contributed by atoms with Gasteiger partial charge in [0.05, 0.1) is 11.2 Å². The quantitative estimate of drug-likeness (QED) is 0.820. The lowest BCUT2D eigenvalue weighted by molar-refractivity contribution is -0.121. The lowest BCUT2D eigenvalue weighted by Crippen LogP contribution is -2.41. The van der Waals surface area contributed by atoms with E-state index in [0.29, 0.717) is 0 Å². The first kappa shape index (κ1) is 18.0. The first-order valence-electron chi connectivity index (χ1n) is 8.33. The molecular weight excluding hydrogens is 289 g/mol. The highest BCUT2D eigenvalue weighted by atomic mass is 16.7. The molecule has 0 radical (unpaired) electrons. The molecule has 1 amide bonds. The van der Waals surface area contributed by atoms with Crippen LogP contribution in [0, 0.1) is 5.92 Å². The maximum absolute atomic E-state index is 11.7. The summed E-state index contributed by atoms with van der Waals surface area (Å²) in [6, 6.07) is 10.2. The van der Waals surface area contributed by atoms with Crippen LogP contribution in [0.3, 0.4) is 0 Å². The van der Waals surface area contributed by atoms with Gasteiger partial charge in [0, 0.05) is 11.7 Å². The van der Waals surface area contributed by atoms with Gasteiger partial charge in [-0.15, -0.1) is 0 Å². The van der Waals surface area contributed by atoms with E-state index in [0.717, 1.165) is 12.8 Å². The number of rotatable bonds is 6. The van der Waals surface area contributed by atoms with Gasteiger partial charge in [-0.1, -0.05) is 37.3 Å². The van der Waals surface area contributed by atoms with Crippen LogP contribution in [-0.2, 0) is 20.5 Å². The van der Waals surface area contributed by atoms with Crippen molar-refractivity contribution in [3.63, 3.8) is 0 Å². The second-order valence-electron chi connectivity index (χ2n) is 7.50. The monoisotopic (exact) mass is 317 g/mol. The largest absolute Gasteiger partial charge is 0.461 e. The van der Waals surface area contributed by atoms with Gasteiger partial charge in [-0.3, -0.25) is 4.79 Å². The van der Waals surface area contributed by atoms with Crippen LogP contribution in [0.25, 0.3) is 0 Å². The number of carbonyl (C=O) groups is 1. The smallest absolute Gasteiger partial charge is 0.403 e. The van der Waals surface area contributed by atoms with Crippen molar-refractivity contribution in [3.05, 3.63) is 35.9 Å². The third kappa shape index (κ3) is 3.96. The van der Waals surface area contributed by atoms with E-state index in [1.165, 1.54) is 5.56 Å². The Morgan fingerprint density at radius 3 is 2.13 bits per heavy atom. The molecule has 1 fully saturated rings. The third-order valence-electron chi connectivity index (χ3n) is 5.32. The Hall–Kier alpha value is -1.33. The Morgan fingerprint density at radius 1 is 1.13 bits per heavy atom. The lowest BCUT2D eigenvalue weighted by Gasteiger charge is -2.32. The van der Waals surface area contributed by atoms with Crippen LogP contribution in [0.1, 0.15) is 46.6 Å². The fraction of sp³-hybridized carbons (Fsp3) is 0.611. The number of primary amides is 1.